The quantitative estimate of drug-likeness (QED) is 0.393. The van der Waals surface area contributed by atoms with Crippen LogP contribution in [0, 0.1) is 6.92 Å². The molecule has 0 saturated heterocycles. The first kappa shape index (κ1) is 25.0. The van der Waals surface area contributed by atoms with Crippen LogP contribution in [-0.2, 0) is 39.0 Å². The summed E-state index contributed by atoms with van der Waals surface area (Å²) in [6.45, 7) is 2.63. The number of halogens is 6. The third-order valence-electron chi connectivity index (χ3n) is 6.89. The lowest BCUT2D eigenvalue weighted by molar-refractivity contribution is -0.143. The summed E-state index contributed by atoms with van der Waals surface area (Å²) in [4.78, 5) is 11.9. The average Bonchev–Trinajstić information content (AvgIpc) is 3.71. The second-order valence-corrected chi connectivity index (χ2v) is 9.81. The molecule has 194 valence electrons. The lowest BCUT2D eigenvalue weighted by Gasteiger charge is -2.23. The number of benzene rings is 1. The Balaban J connectivity index is 1.40. The van der Waals surface area contributed by atoms with Gasteiger partial charge in [0.1, 0.15) is 11.3 Å². The predicted molar refractivity (Wildman–Crippen MR) is 122 cm³/mol. The van der Waals surface area contributed by atoms with E-state index in [0.29, 0.717) is 24.1 Å². The molecule has 2 aliphatic rings. The standard InChI is InChI=1S/C25H27F6N5/c1-14-33-21-9-16(22(34-23(21)35(14)2)13-36(19-3-4-19)20-5-6-20)12-32-11-15-7-17(24(26,27)28)10-18(8-15)25(29,30)31/h7-10,19-20,32H,3-6,11-13H2,1-2H3. The first-order valence-corrected chi connectivity index (χ1v) is 12.0. The molecule has 2 aromatic heterocycles. The molecule has 0 atom stereocenters. The van der Waals surface area contributed by atoms with Gasteiger partial charge < -0.3 is 9.88 Å². The highest BCUT2D eigenvalue weighted by molar-refractivity contribution is 5.73. The largest absolute Gasteiger partial charge is 0.416 e. The van der Waals surface area contributed by atoms with E-state index in [1.54, 1.807) is 0 Å². The molecule has 0 bridgehead atoms. The number of hydrogen-bond acceptors (Lipinski definition) is 4. The van der Waals surface area contributed by atoms with Crippen LogP contribution in [0.2, 0.25) is 0 Å². The molecular weight excluding hydrogens is 484 g/mol. The topological polar surface area (TPSA) is 46.0 Å². The van der Waals surface area contributed by atoms with Crippen molar-refractivity contribution in [2.24, 2.45) is 7.05 Å². The predicted octanol–water partition coefficient (Wildman–Crippen LogP) is 5.73. The van der Waals surface area contributed by atoms with Crippen molar-refractivity contribution in [1.82, 2.24) is 24.8 Å². The van der Waals surface area contributed by atoms with Crippen LogP contribution in [0.1, 0.15) is 59.5 Å². The van der Waals surface area contributed by atoms with Gasteiger partial charge in [-0.15, -0.1) is 0 Å². The van der Waals surface area contributed by atoms with E-state index in [4.69, 9.17) is 4.98 Å². The smallest absolute Gasteiger partial charge is 0.316 e. The van der Waals surface area contributed by atoms with Crippen LogP contribution in [-0.4, -0.2) is 31.5 Å². The summed E-state index contributed by atoms with van der Waals surface area (Å²) >= 11 is 0. The minimum Gasteiger partial charge on any atom is -0.316 e. The number of alkyl halides is 6. The highest BCUT2D eigenvalue weighted by Crippen LogP contribution is 2.39. The number of hydrogen-bond donors (Lipinski definition) is 1. The van der Waals surface area contributed by atoms with Crippen LogP contribution < -0.4 is 5.32 Å². The molecule has 36 heavy (non-hydrogen) atoms. The highest BCUT2D eigenvalue weighted by Gasteiger charge is 2.40. The normalized spacial score (nSPS) is 16.9. The summed E-state index contributed by atoms with van der Waals surface area (Å²) in [5, 5.41) is 3.04. The number of aromatic nitrogens is 3. The SMILES string of the molecule is Cc1nc2cc(CNCc3cc(C(F)(F)F)cc(C(F)(F)F)c3)c(CN(C3CC3)C3CC3)nc2n1C. The van der Waals surface area contributed by atoms with E-state index in [9.17, 15) is 26.3 Å². The Morgan fingerprint density at radius 1 is 0.889 bits per heavy atom. The maximum atomic E-state index is 13.2. The van der Waals surface area contributed by atoms with E-state index in [0.717, 1.165) is 60.5 Å². The van der Waals surface area contributed by atoms with Gasteiger partial charge in [0.05, 0.1) is 16.8 Å². The van der Waals surface area contributed by atoms with Crippen LogP contribution in [0.25, 0.3) is 11.2 Å². The summed E-state index contributed by atoms with van der Waals surface area (Å²) in [5.41, 5.74) is 0.451. The summed E-state index contributed by atoms with van der Waals surface area (Å²) in [5.74, 6) is 0.804. The third kappa shape index (κ3) is 5.36. The summed E-state index contributed by atoms with van der Waals surface area (Å²) in [6.07, 6.45) is -5.10. The zero-order chi connectivity index (χ0) is 25.8. The fourth-order valence-electron chi connectivity index (χ4n) is 4.60. The van der Waals surface area contributed by atoms with Gasteiger partial charge in [-0.25, -0.2) is 9.97 Å². The van der Waals surface area contributed by atoms with Gasteiger partial charge in [-0.3, -0.25) is 4.90 Å². The van der Waals surface area contributed by atoms with Crippen molar-refractivity contribution in [3.63, 3.8) is 0 Å². The molecule has 2 heterocycles. The van der Waals surface area contributed by atoms with Crippen molar-refractivity contribution in [1.29, 1.82) is 0 Å². The number of rotatable bonds is 8. The Morgan fingerprint density at radius 2 is 1.47 bits per heavy atom. The summed E-state index contributed by atoms with van der Waals surface area (Å²) in [7, 11) is 1.89. The number of imidazole rings is 1. The van der Waals surface area contributed by atoms with Gasteiger partial charge in [0, 0.05) is 38.8 Å². The molecule has 0 unspecified atom stereocenters. The van der Waals surface area contributed by atoms with Crippen molar-refractivity contribution in [2.75, 3.05) is 0 Å². The first-order valence-electron chi connectivity index (χ1n) is 12.0. The van der Waals surface area contributed by atoms with Crippen molar-refractivity contribution < 1.29 is 26.3 Å². The number of pyridine rings is 1. The minimum atomic E-state index is -4.87. The molecule has 11 heteroatoms. The second kappa shape index (κ2) is 9.02. The molecule has 1 N–H and O–H groups in total. The van der Waals surface area contributed by atoms with Crippen LogP contribution in [0.5, 0.6) is 0 Å². The van der Waals surface area contributed by atoms with Gasteiger partial charge in [-0.2, -0.15) is 26.3 Å². The second-order valence-electron chi connectivity index (χ2n) is 9.81. The first-order chi connectivity index (χ1) is 16.9. The fourth-order valence-corrected chi connectivity index (χ4v) is 4.60. The van der Waals surface area contributed by atoms with Gasteiger partial charge in [0.2, 0.25) is 0 Å². The van der Waals surface area contributed by atoms with Crippen molar-refractivity contribution in [3.05, 3.63) is 58.0 Å². The van der Waals surface area contributed by atoms with Crippen molar-refractivity contribution in [2.45, 2.75) is 76.7 Å². The van der Waals surface area contributed by atoms with Crippen molar-refractivity contribution in [3.8, 4) is 0 Å². The van der Waals surface area contributed by atoms with Gasteiger partial charge in [0.15, 0.2) is 5.65 Å². The van der Waals surface area contributed by atoms with Crippen LogP contribution in [0.4, 0.5) is 26.3 Å². The molecule has 2 fully saturated rings. The monoisotopic (exact) mass is 511 g/mol. The molecule has 0 spiro atoms. The Kier molecular flexibility index (Phi) is 6.27. The zero-order valence-electron chi connectivity index (χ0n) is 20.0. The maximum absolute atomic E-state index is 13.2. The average molecular weight is 512 g/mol. The van der Waals surface area contributed by atoms with Gasteiger partial charge in [0.25, 0.3) is 0 Å². The number of nitrogens with one attached hydrogen (secondary N) is 1. The van der Waals surface area contributed by atoms with Gasteiger partial charge >= 0.3 is 12.4 Å². The van der Waals surface area contributed by atoms with E-state index in [-0.39, 0.29) is 24.7 Å². The Bertz CT molecular complexity index is 1230. The van der Waals surface area contributed by atoms with Gasteiger partial charge in [-0.1, -0.05) is 0 Å². The van der Waals surface area contributed by atoms with Crippen molar-refractivity contribution >= 4 is 11.2 Å². The molecule has 0 amide bonds. The molecule has 0 radical (unpaired) electrons. The maximum Gasteiger partial charge on any atom is 0.416 e. The van der Waals surface area contributed by atoms with E-state index in [1.807, 2.05) is 24.6 Å². The Morgan fingerprint density at radius 3 is 2.00 bits per heavy atom. The van der Waals surface area contributed by atoms with E-state index in [1.165, 1.54) is 0 Å². The fraction of sp³-hybridized carbons (Fsp3) is 0.520. The highest BCUT2D eigenvalue weighted by atomic mass is 19.4. The van der Waals surface area contributed by atoms with E-state index in [2.05, 4.69) is 15.2 Å². The molecule has 5 nitrogen and oxygen atoms in total. The molecule has 0 aliphatic heterocycles. The Labute approximate surface area is 204 Å². The Hall–Kier alpha value is -2.66. The molecule has 1 aromatic carbocycles. The molecule has 3 aromatic rings. The van der Waals surface area contributed by atoms with E-state index < -0.39 is 23.5 Å². The molecule has 5 rings (SSSR count). The van der Waals surface area contributed by atoms with Gasteiger partial charge in [-0.05, 0) is 68.0 Å². The summed E-state index contributed by atoms with van der Waals surface area (Å²) in [6, 6.07) is 4.68. The molecular formula is C25H27F6N5. The zero-order valence-corrected chi connectivity index (χ0v) is 20.0. The third-order valence-corrected chi connectivity index (χ3v) is 6.89. The lowest BCUT2D eigenvalue weighted by Crippen LogP contribution is -2.29. The number of nitrogens with zero attached hydrogens (tertiary/aromatic N) is 4. The van der Waals surface area contributed by atoms with E-state index >= 15 is 0 Å². The van der Waals surface area contributed by atoms with Crippen LogP contribution in [0.3, 0.4) is 0 Å². The molecule has 2 saturated carbocycles. The summed E-state index contributed by atoms with van der Waals surface area (Å²) < 4.78 is 81.2. The lowest BCUT2D eigenvalue weighted by atomic mass is 10.0. The molecule has 2 aliphatic carbocycles. The minimum absolute atomic E-state index is 0.0843. The number of aryl methyl sites for hydroxylation is 2. The van der Waals surface area contributed by atoms with Crippen LogP contribution >= 0.6 is 0 Å². The number of fused-ring (bicyclic) bond motifs is 1. The van der Waals surface area contributed by atoms with Crippen LogP contribution in [0.15, 0.2) is 24.3 Å².